The maximum Gasteiger partial charge on any atom is 0.0607 e. The molecule has 0 saturated heterocycles. The van der Waals surface area contributed by atoms with Gasteiger partial charge in [-0.15, -0.1) is 0 Å². The lowest BCUT2D eigenvalue weighted by atomic mass is 10.2. The maximum absolute atomic E-state index is 8.57. The fourth-order valence-corrected chi connectivity index (χ4v) is 0.618. The van der Waals surface area contributed by atoms with Crippen LogP contribution >= 0.6 is 0 Å². The van der Waals surface area contributed by atoms with Crippen LogP contribution in [0.4, 0.5) is 0 Å². The highest BCUT2D eigenvalue weighted by molar-refractivity contribution is 4.68. The van der Waals surface area contributed by atoms with Crippen molar-refractivity contribution >= 4 is 0 Å². The van der Waals surface area contributed by atoms with E-state index in [1.807, 2.05) is 0 Å². The van der Waals surface area contributed by atoms with Crippen molar-refractivity contribution in [1.29, 1.82) is 0 Å². The molecule has 0 aliphatic heterocycles. The average Bonchev–Trinajstić information content (AvgIpc) is 1.99. The number of aliphatic hydroxyl groups excluding tert-OH is 3. The predicted octanol–water partition coefficient (Wildman–Crippen LogP) is -1.69. The maximum atomic E-state index is 8.57. The zero-order valence-electron chi connectivity index (χ0n) is 6.12. The molecule has 0 spiro atoms. The summed E-state index contributed by atoms with van der Waals surface area (Å²) in [5.74, 6) is 0. The van der Waals surface area contributed by atoms with Crippen LogP contribution in [0.1, 0.15) is 6.92 Å². The van der Waals surface area contributed by atoms with E-state index in [0.29, 0.717) is 0 Å². The van der Waals surface area contributed by atoms with Crippen LogP contribution in [-0.4, -0.2) is 47.2 Å². The van der Waals surface area contributed by atoms with Gasteiger partial charge in [0.05, 0.1) is 25.9 Å². The Hall–Kier alpha value is -0.160. The molecular formula is C6H15NO3. The smallest absolute Gasteiger partial charge is 0.0607 e. The SMILES string of the molecule is CC(CO)NC(CO)CO. The molecule has 0 aromatic heterocycles. The second kappa shape index (κ2) is 5.61. The summed E-state index contributed by atoms with van der Waals surface area (Å²) in [6, 6.07) is -0.397. The minimum Gasteiger partial charge on any atom is -0.395 e. The first-order valence-corrected chi connectivity index (χ1v) is 3.33. The van der Waals surface area contributed by atoms with Gasteiger partial charge in [0.2, 0.25) is 0 Å². The van der Waals surface area contributed by atoms with Gasteiger partial charge in [-0.25, -0.2) is 0 Å². The Labute approximate surface area is 60.5 Å². The predicted molar refractivity (Wildman–Crippen MR) is 37.6 cm³/mol. The van der Waals surface area contributed by atoms with Gasteiger partial charge in [-0.05, 0) is 6.92 Å². The molecule has 0 fully saturated rings. The number of aliphatic hydroxyl groups is 3. The molecule has 1 atom stereocenters. The summed E-state index contributed by atoms with van der Waals surface area (Å²) in [5.41, 5.74) is 0. The Morgan fingerprint density at radius 2 is 1.60 bits per heavy atom. The lowest BCUT2D eigenvalue weighted by Crippen LogP contribution is -2.43. The molecule has 4 N–H and O–H groups in total. The topological polar surface area (TPSA) is 72.7 Å². The molecule has 0 aromatic rings. The first kappa shape index (κ1) is 9.84. The van der Waals surface area contributed by atoms with E-state index in [2.05, 4.69) is 5.32 Å². The van der Waals surface area contributed by atoms with Crippen LogP contribution in [-0.2, 0) is 0 Å². The Morgan fingerprint density at radius 3 is 1.90 bits per heavy atom. The lowest BCUT2D eigenvalue weighted by molar-refractivity contribution is 0.149. The van der Waals surface area contributed by atoms with E-state index >= 15 is 0 Å². The standard InChI is InChI=1S/C6H15NO3/c1-5(2-8)7-6(3-9)4-10/h5-10H,2-4H2,1H3. The van der Waals surface area contributed by atoms with E-state index in [1.165, 1.54) is 0 Å². The Morgan fingerprint density at radius 1 is 1.10 bits per heavy atom. The number of rotatable bonds is 5. The van der Waals surface area contributed by atoms with Crippen LogP contribution in [0.25, 0.3) is 0 Å². The van der Waals surface area contributed by atoms with Gasteiger partial charge in [0.1, 0.15) is 0 Å². The highest BCUT2D eigenvalue weighted by atomic mass is 16.3. The molecule has 0 rings (SSSR count). The Balaban J connectivity index is 3.41. The van der Waals surface area contributed by atoms with Crippen molar-refractivity contribution in [3.05, 3.63) is 0 Å². The monoisotopic (exact) mass is 149 g/mol. The molecule has 0 radical (unpaired) electrons. The molecule has 0 amide bonds. The lowest BCUT2D eigenvalue weighted by Gasteiger charge is -2.17. The molecule has 0 aliphatic carbocycles. The average molecular weight is 149 g/mol. The van der Waals surface area contributed by atoms with Crippen molar-refractivity contribution in [2.24, 2.45) is 0 Å². The first-order chi connectivity index (χ1) is 4.74. The van der Waals surface area contributed by atoms with Crippen molar-refractivity contribution in [1.82, 2.24) is 5.32 Å². The third-order valence-electron chi connectivity index (χ3n) is 1.23. The number of nitrogens with one attached hydrogen (secondary N) is 1. The van der Waals surface area contributed by atoms with Gasteiger partial charge in [-0.2, -0.15) is 0 Å². The highest BCUT2D eigenvalue weighted by Gasteiger charge is 2.07. The fourth-order valence-electron chi connectivity index (χ4n) is 0.618. The Kier molecular flexibility index (Phi) is 5.52. The van der Waals surface area contributed by atoms with Gasteiger partial charge in [-0.3, -0.25) is 0 Å². The van der Waals surface area contributed by atoms with Gasteiger partial charge in [0, 0.05) is 6.04 Å². The molecule has 4 heteroatoms. The van der Waals surface area contributed by atoms with Crippen molar-refractivity contribution < 1.29 is 15.3 Å². The Bertz CT molecular complexity index is 75.4. The zero-order chi connectivity index (χ0) is 7.98. The van der Waals surface area contributed by atoms with E-state index < -0.39 is 0 Å². The van der Waals surface area contributed by atoms with E-state index in [-0.39, 0.29) is 31.9 Å². The fraction of sp³-hybridized carbons (Fsp3) is 1.00. The molecule has 62 valence electrons. The van der Waals surface area contributed by atoms with Crippen molar-refractivity contribution in [2.75, 3.05) is 19.8 Å². The summed E-state index contributed by atoms with van der Waals surface area (Å²) in [5, 5.41) is 28.5. The molecule has 0 bridgehead atoms. The minimum atomic E-state index is -0.317. The molecule has 0 saturated carbocycles. The third kappa shape index (κ3) is 3.79. The quantitative estimate of drug-likeness (QED) is 0.376. The zero-order valence-corrected chi connectivity index (χ0v) is 6.12. The second-order valence-corrected chi connectivity index (χ2v) is 2.31. The highest BCUT2D eigenvalue weighted by Crippen LogP contribution is 1.84. The van der Waals surface area contributed by atoms with Crippen LogP contribution < -0.4 is 5.32 Å². The summed E-state index contributed by atoms with van der Waals surface area (Å²) in [6.07, 6.45) is 0. The van der Waals surface area contributed by atoms with E-state index in [0.717, 1.165) is 0 Å². The molecule has 1 unspecified atom stereocenters. The molecule has 0 aliphatic rings. The van der Waals surface area contributed by atoms with Gasteiger partial charge >= 0.3 is 0 Å². The summed E-state index contributed by atoms with van der Waals surface area (Å²) in [6.45, 7) is 1.57. The normalized spacial score (nSPS) is 14.1. The van der Waals surface area contributed by atoms with Crippen molar-refractivity contribution in [3.8, 4) is 0 Å². The summed E-state index contributed by atoms with van der Waals surface area (Å²) in [4.78, 5) is 0. The van der Waals surface area contributed by atoms with Crippen molar-refractivity contribution in [3.63, 3.8) is 0 Å². The molecule has 0 aromatic carbocycles. The number of hydrogen-bond acceptors (Lipinski definition) is 4. The third-order valence-corrected chi connectivity index (χ3v) is 1.23. The summed E-state index contributed by atoms with van der Waals surface area (Å²) in [7, 11) is 0. The molecule has 0 heterocycles. The van der Waals surface area contributed by atoms with Gasteiger partial charge in [-0.1, -0.05) is 0 Å². The second-order valence-electron chi connectivity index (χ2n) is 2.31. The van der Waals surface area contributed by atoms with Crippen LogP contribution in [0.3, 0.4) is 0 Å². The molecule has 10 heavy (non-hydrogen) atoms. The summed E-state index contributed by atoms with van der Waals surface area (Å²) < 4.78 is 0. The molecule has 4 nitrogen and oxygen atoms in total. The first-order valence-electron chi connectivity index (χ1n) is 3.33. The van der Waals surface area contributed by atoms with Crippen molar-refractivity contribution in [2.45, 2.75) is 19.0 Å². The van der Waals surface area contributed by atoms with Crippen LogP contribution in [0.5, 0.6) is 0 Å². The van der Waals surface area contributed by atoms with Gasteiger partial charge in [0.25, 0.3) is 0 Å². The van der Waals surface area contributed by atoms with Gasteiger partial charge in [0.15, 0.2) is 0 Å². The van der Waals surface area contributed by atoms with Crippen LogP contribution in [0.2, 0.25) is 0 Å². The molecular weight excluding hydrogens is 134 g/mol. The van der Waals surface area contributed by atoms with Gasteiger partial charge < -0.3 is 20.6 Å². The van der Waals surface area contributed by atoms with E-state index in [4.69, 9.17) is 15.3 Å². The number of hydrogen-bond donors (Lipinski definition) is 4. The largest absolute Gasteiger partial charge is 0.395 e. The van der Waals surface area contributed by atoms with Crippen LogP contribution in [0, 0.1) is 0 Å². The van der Waals surface area contributed by atoms with Crippen LogP contribution in [0.15, 0.2) is 0 Å². The minimum absolute atomic E-state index is 0.0104. The van der Waals surface area contributed by atoms with E-state index in [1.54, 1.807) is 6.92 Å². The summed E-state index contributed by atoms with van der Waals surface area (Å²) >= 11 is 0. The van der Waals surface area contributed by atoms with E-state index in [9.17, 15) is 0 Å².